The monoisotopic (exact) mass is 405 g/mol. The van der Waals surface area contributed by atoms with Gasteiger partial charge >= 0.3 is 0 Å². The van der Waals surface area contributed by atoms with Crippen LogP contribution < -0.4 is 0 Å². The average Bonchev–Trinajstić information content (AvgIpc) is 3.12. The van der Waals surface area contributed by atoms with E-state index in [0.717, 1.165) is 38.1 Å². The maximum absolute atomic E-state index is 13.5. The molecule has 0 radical (unpaired) electrons. The van der Waals surface area contributed by atoms with Crippen molar-refractivity contribution in [2.45, 2.75) is 45.1 Å². The fourth-order valence-electron chi connectivity index (χ4n) is 4.21. The Labute approximate surface area is 168 Å². The minimum absolute atomic E-state index is 0.000859. The lowest BCUT2D eigenvalue weighted by Gasteiger charge is -2.40. The highest BCUT2D eigenvalue weighted by atomic mass is 32.1. The Morgan fingerprint density at radius 3 is 2.46 bits per heavy atom. The number of halogens is 2. The van der Waals surface area contributed by atoms with E-state index < -0.39 is 11.6 Å². The number of benzene rings is 1. The van der Waals surface area contributed by atoms with Gasteiger partial charge in [0.25, 0.3) is 5.91 Å². The zero-order chi connectivity index (χ0) is 19.7. The van der Waals surface area contributed by atoms with E-state index in [2.05, 4.69) is 9.88 Å². The molecule has 0 N–H and O–H groups in total. The van der Waals surface area contributed by atoms with E-state index in [1.807, 2.05) is 4.90 Å². The van der Waals surface area contributed by atoms with Crippen LogP contribution in [0, 0.1) is 18.6 Å². The first-order valence-corrected chi connectivity index (χ1v) is 10.8. The largest absolute Gasteiger partial charge is 0.338 e. The summed E-state index contributed by atoms with van der Waals surface area (Å²) in [6.07, 6.45) is 5.93. The predicted octanol–water partition coefficient (Wildman–Crippen LogP) is 4.49. The van der Waals surface area contributed by atoms with Gasteiger partial charge in [0, 0.05) is 24.7 Å². The number of carbonyl (C=O) groups excluding carboxylic acids is 1. The summed E-state index contributed by atoms with van der Waals surface area (Å²) in [5.41, 5.74) is 1.14. The lowest BCUT2D eigenvalue weighted by atomic mass is 10.00. The van der Waals surface area contributed by atoms with Crippen LogP contribution in [0.5, 0.6) is 0 Å². The molecule has 0 saturated carbocycles. The van der Waals surface area contributed by atoms with E-state index in [4.69, 9.17) is 0 Å². The van der Waals surface area contributed by atoms with E-state index in [0.29, 0.717) is 27.2 Å². The minimum atomic E-state index is -0.905. The standard InChI is InChI=1S/C21H25F2N3OS/c1-14-19(28-20(24-14)15-5-6-17(22)18(23)13-15)21(27)26-11-7-16(8-12-26)25-9-3-2-4-10-25/h5-6,13,16H,2-4,7-12H2,1H3. The number of aryl methyl sites for hydroxylation is 1. The zero-order valence-electron chi connectivity index (χ0n) is 16.1. The third kappa shape index (κ3) is 3.96. The summed E-state index contributed by atoms with van der Waals surface area (Å²) in [6.45, 7) is 5.69. The molecule has 7 heteroatoms. The molecule has 2 fully saturated rings. The lowest BCUT2D eigenvalue weighted by Crippen LogP contribution is -2.48. The molecule has 2 aliphatic rings. The molecule has 3 heterocycles. The van der Waals surface area contributed by atoms with Crippen LogP contribution in [0.4, 0.5) is 8.78 Å². The van der Waals surface area contributed by atoms with Crippen LogP contribution >= 0.6 is 11.3 Å². The van der Waals surface area contributed by atoms with Crippen molar-refractivity contribution in [1.82, 2.24) is 14.8 Å². The van der Waals surface area contributed by atoms with Crippen molar-refractivity contribution < 1.29 is 13.6 Å². The maximum Gasteiger partial charge on any atom is 0.265 e. The predicted molar refractivity (Wildman–Crippen MR) is 107 cm³/mol. The summed E-state index contributed by atoms with van der Waals surface area (Å²) >= 11 is 1.26. The van der Waals surface area contributed by atoms with Gasteiger partial charge in [-0.2, -0.15) is 0 Å². The number of nitrogens with zero attached hydrogens (tertiary/aromatic N) is 3. The first kappa shape index (κ1) is 19.5. The fourth-order valence-corrected chi connectivity index (χ4v) is 5.24. The van der Waals surface area contributed by atoms with Crippen LogP contribution in [0.3, 0.4) is 0 Å². The van der Waals surface area contributed by atoms with Crippen LogP contribution in [0.25, 0.3) is 10.6 Å². The van der Waals surface area contributed by atoms with Gasteiger partial charge < -0.3 is 9.80 Å². The SMILES string of the molecule is Cc1nc(-c2ccc(F)c(F)c2)sc1C(=O)N1CCC(N2CCCCC2)CC1. The van der Waals surface area contributed by atoms with Gasteiger partial charge in [-0.05, 0) is 63.9 Å². The van der Waals surface area contributed by atoms with Crippen molar-refractivity contribution in [2.24, 2.45) is 0 Å². The smallest absolute Gasteiger partial charge is 0.265 e. The van der Waals surface area contributed by atoms with Crippen LogP contribution in [0.2, 0.25) is 0 Å². The van der Waals surface area contributed by atoms with Crippen LogP contribution in [-0.2, 0) is 0 Å². The Kier molecular flexibility index (Phi) is 5.73. The molecule has 1 aromatic heterocycles. The minimum Gasteiger partial charge on any atom is -0.338 e. The molecule has 2 saturated heterocycles. The second-order valence-corrected chi connectivity index (χ2v) is 8.68. The van der Waals surface area contributed by atoms with Crippen molar-refractivity contribution in [3.05, 3.63) is 40.4 Å². The molecule has 4 rings (SSSR count). The Morgan fingerprint density at radius 2 is 1.79 bits per heavy atom. The Hall–Kier alpha value is -1.86. The quantitative estimate of drug-likeness (QED) is 0.755. The summed E-state index contributed by atoms with van der Waals surface area (Å²) in [5.74, 6) is -1.79. The summed E-state index contributed by atoms with van der Waals surface area (Å²) in [6, 6.07) is 4.31. The molecular weight excluding hydrogens is 380 g/mol. The van der Waals surface area contributed by atoms with Gasteiger partial charge in [0.1, 0.15) is 9.88 Å². The molecule has 150 valence electrons. The third-order valence-electron chi connectivity index (χ3n) is 5.82. The van der Waals surface area contributed by atoms with Crippen LogP contribution in [0.15, 0.2) is 18.2 Å². The highest BCUT2D eigenvalue weighted by molar-refractivity contribution is 7.17. The van der Waals surface area contributed by atoms with Gasteiger partial charge in [-0.1, -0.05) is 6.42 Å². The van der Waals surface area contributed by atoms with Crippen molar-refractivity contribution in [3.8, 4) is 10.6 Å². The van der Waals surface area contributed by atoms with Gasteiger partial charge in [-0.3, -0.25) is 4.79 Å². The Balaban J connectivity index is 1.44. The molecule has 1 amide bonds. The van der Waals surface area contributed by atoms with Crippen molar-refractivity contribution in [2.75, 3.05) is 26.2 Å². The van der Waals surface area contributed by atoms with E-state index in [-0.39, 0.29) is 5.91 Å². The number of aromatic nitrogens is 1. The summed E-state index contributed by atoms with van der Waals surface area (Å²) in [7, 11) is 0. The van der Waals surface area contributed by atoms with Gasteiger partial charge in [0.15, 0.2) is 11.6 Å². The number of thiazole rings is 1. The molecule has 2 aliphatic heterocycles. The summed E-state index contributed by atoms with van der Waals surface area (Å²) < 4.78 is 26.7. The highest BCUT2D eigenvalue weighted by Crippen LogP contribution is 2.31. The van der Waals surface area contributed by atoms with Gasteiger partial charge in [-0.25, -0.2) is 13.8 Å². The first-order valence-electron chi connectivity index (χ1n) is 9.99. The normalized spacial score (nSPS) is 19.2. The van der Waals surface area contributed by atoms with E-state index in [9.17, 15) is 13.6 Å². The van der Waals surface area contributed by atoms with Crippen molar-refractivity contribution in [1.29, 1.82) is 0 Å². The van der Waals surface area contributed by atoms with Crippen molar-refractivity contribution in [3.63, 3.8) is 0 Å². The highest BCUT2D eigenvalue weighted by Gasteiger charge is 2.29. The molecule has 2 aromatic rings. The number of hydrogen-bond donors (Lipinski definition) is 0. The Bertz CT molecular complexity index is 855. The second-order valence-electron chi connectivity index (χ2n) is 7.68. The lowest BCUT2D eigenvalue weighted by molar-refractivity contribution is 0.0593. The van der Waals surface area contributed by atoms with E-state index in [1.54, 1.807) is 6.92 Å². The van der Waals surface area contributed by atoms with Crippen molar-refractivity contribution >= 4 is 17.2 Å². The zero-order valence-corrected chi connectivity index (χ0v) is 16.9. The topological polar surface area (TPSA) is 36.4 Å². The molecule has 0 bridgehead atoms. The molecule has 0 unspecified atom stereocenters. The van der Waals surface area contributed by atoms with Crippen LogP contribution in [-0.4, -0.2) is 52.9 Å². The molecule has 0 aliphatic carbocycles. The number of likely N-dealkylation sites (tertiary alicyclic amines) is 2. The molecule has 1 aromatic carbocycles. The number of piperidine rings is 2. The van der Waals surface area contributed by atoms with Gasteiger partial charge in [-0.15, -0.1) is 11.3 Å². The van der Waals surface area contributed by atoms with Crippen LogP contribution in [0.1, 0.15) is 47.5 Å². The Morgan fingerprint density at radius 1 is 1.07 bits per heavy atom. The second kappa shape index (κ2) is 8.25. The molecule has 0 atom stereocenters. The number of rotatable bonds is 3. The fraction of sp³-hybridized carbons (Fsp3) is 0.524. The first-order chi connectivity index (χ1) is 13.5. The molecule has 0 spiro atoms. The van der Waals surface area contributed by atoms with E-state index >= 15 is 0 Å². The number of carbonyl (C=O) groups is 1. The summed E-state index contributed by atoms with van der Waals surface area (Å²) in [5, 5.41) is 0.544. The molecule has 28 heavy (non-hydrogen) atoms. The summed E-state index contributed by atoms with van der Waals surface area (Å²) in [4.78, 5) is 22.5. The van der Waals surface area contributed by atoms with E-state index in [1.165, 1.54) is 49.8 Å². The molecular formula is C21H25F2N3OS. The molecule has 4 nitrogen and oxygen atoms in total. The average molecular weight is 406 g/mol. The number of hydrogen-bond acceptors (Lipinski definition) is 4. The maximum atomic E-state index is 13.5. The third-order valence-corrected chi connectivity index (χ3v) is 7.01. The number of amides is 1. The van der Waals surface area contributed by atoms with Gasteiger partial charge in [0.2, 0.25) is 0 Å². The van der Waals surface area contributed by atoms with Gasteiger partial charge in [0.05, 0.1) is 5.69 Å².